The van der Waals surface area contributed by atoms with E-state index in [2.05, 4.69) is 9.97 Å². The third-order valence-corrected chi connectivity index (χ3v) is 4.85. The normalized spacial score (nSPS) is 12.8. The number of aryl methyl sites for hydroxylation is 1. The Bertz CT molecular complexity index is 981. The van der Waals surface area contributed by atoms with E-state index in [1.807, 2.05) is 25.1 Å². The molecule has 0 bridgehead atoms. The van der Waals surface area contributed by atoms with Crippen molar-refractivity contribution in [1.29, 1.82) is 0 Å². The Morgan fingerprint density at radius 2 is 1.95 bits per heavy atom. The predicted octanol–water partition coefficient (Wildman–Crippen LogP) is 1.69. The topological polar surface area (TPSA) is 62.8 Å². The molecule has 0 aliphatic rings. The average molecular weight is 328 g/mol. The first-order chi connectivity index (χ1) is 10.6. The number of aromatic amines is 1. The maximum Gasteiger partial charge on any atom is 0.266 e. The monoisotopic (exact) mass is 328 g/mol. The summed E-state index contributed by atoms with van der Waals surface area (Å²) in [5.41, 5.74) is 0.369. The summed E-state index contributed by atoms with van der Waals surface area (Å²) in [6.07, 6.45) is 6.42. The second kappa shape index (κ2) is 6.21. The Labute approximate surface area is 134 Å². The van der Waals surface area contributed by atoms with Crippen LogP contribution >= 0.6 is 22.7 Å². The zero-order valence-electron chi connectivity index (χ0n) is 11.7. The molecule has 3 aromatic heterocycles. The zero-order chi connectivity index (χ0) is 15.5. The standard InChI is InChI=1S/C16H12N2O2S2/c1-10-2-3-12(21-10)8-14-16(20)18-15(22-14)9-13(19)11-4-6-17-7-5-11/h2-9H,1H3,(H,18,20). The summed E-state index contributed by atoms with van der Waals surface area (Å²) < 4.78 is 1.14. The Balaban J connectivity index is 1.99. The van der Waals surface area contributed by atoms with Gasteiger partial charge in [-0.1, -0.05) is 0 Å². The van der Waals surface area contributed by atoms with Gasteiger partial charge in [0.15, 0.2) is 5.78 Å². The molecule has 0 amide bonds. The number of nitrogens with zero attached hydrogens (tertiary/aromatic N) is 1. The molecule has 3 rings (SSSR count). The number of hydrogen-bond donors (Lipinski definition) is 1. The molecule has 110 valence electrons. The molecule has 0 aliphatic carbocycles. The molecule has 4 nitrogen and oxygen atoms in total. The van der Waals surface area contributed by atoms with E-state index in [1.54, 1.807) is 35.9 Å². The van der Waals surface area contributed by atoms with E-state index >= 15 is 0 Å². The van der Waals surface area contributed by atoms with Crippen LogP contribution in [0.15, 0.2) is 41.5 Å². The van der Waals surface area contributed by atoms with Gasteiger partial charge < -0.3 is 4.98 Å². The molecular weight excluding hydrogens is 316 g/mol. The molecular formula is C16H12N2O2S2. The number of nitrogens with one attached hydrogen (secondary N) is 1. The molecule has 1 N–H and O–H groups in total. The highest BCUT2D eigenvalue weighted by atomic mass is 32.1. The number of hydrogen-bond acceptors (Lipinski definition) is 5. The first kappa shape index (κ1) is 14.6. The van der Waals surface area contributed by atoms with E-state index in [-0.39, 0.29) is 11.3 Å². The van der Waals surface area contributed by atoms with Gasteiger partial charge in [0, 0.05) is 33.8 Å². The maximum atomic E-state index is 12.1. The van der Waals surface area contributed by atoms with Gasteiger partial charge >= 0.3 is 0 Å². The van der Waals surface area contributed by atoms with Crippen LogP contribution in [-0.4, -0.2) is 15.8 Å². The van der Waals surface area contributed by atoms with E-state index in [0.29, 0.717) is 14.8 Å². The van der Waals surface area contributed by atoms with E-state index in [1.165, 1.54) is 22.3 Å². The van der Waals surface area contributed by atoms with Crippen molar-refractivity contribution in [2.24, 2.45) is 0 Å². The Kier molecular flexibility index (Phi) is 4.13. The summed E-state index contributed by atoms with van der Waals surface area (Å²) in [6.45, 7) is 2.02. The van der Waals surface area contributed by atoms with Gasteiger partial charge in [-0.3, -0.25) is 14.6 Å². The smallest absolute Gasteiger partial charge is 0.266 e. The number of H-pyrrole nitrogens is 1. The van der Waals surface area contributed by atoms with Crippen LogP contribution in [-0.2, 0) is 0 Å². The fourth-order valence-electron chi connectivity index (χ4n) is 1.90. The minimum atomic E-state index is -0.176. The molecule has 22 heavy (non-hydrogen) atoms. The van der Waals surface area contributed by atoms with Crippen LogP contribution in [0.4, 0.5) is 0 Å². The van der Waals surface area contributed by atoms with Crippen molar-refractivity contribution in [1.82, 2.24) is 9.97 Å². The molecule has 0 atom stereocenters. The molecule has 0 spiro atoms. The molecule has 0 radical (unpaired) electrons. The van der Waals surface area contributed by atoms with Gasteiger partial charge in [-0.2, -0.15) is 0 Å². The van der Waals surface area contributed by atoms with Crippen molar-refractivity contribution in [3.05, 3.63) is 71.5 Å². The lowest BCUT2D eigenvalue weighted by Crippen LogP contribution is -2.19. The number of carbonyl (C=O) groups is 1. The number of aromatic nitrogens is 2. The molecule has 0 fully saturated rings. The first-order valence-corrected chi connectivity index (χ1v) is 8.18. The fraction of sp³-hybridized carbons (Fsp3) is 0.0625. The van der Waals surface area contributed by atoms with E-state index in [9.17, 15) is 9.59 Å². The highest BCUT2D eigenvalue weighted by Crippen LogP contribution is 2.15. The average Bonchev–Trinajstić information content (AvgIpc) is 3.06. The maximum absolute atomic E-state index is 12.1. The summed E-state index contributed by atoms with van der Waals surface area (Å²) in [6, 6.07) is 7.28. The number of ketones is 1. The second-order valence-electron chi connectivity index (χ2n) is 4.62. The van der Waals surface area contributed by atoms with Gasteiger partial charge in [0.1, 0.15) is 0 Å². The summed E-state index contributed by atoms with van der Waals surface area (Å²) in [4.78, 5) is 32.9. The van der Waals surface area contributed by atoms with Crippen LogP contribution in [0, 0.1) is 6.92 Å². The molecule has 6 heteroatoms. The van der Waals surface area contributed by atoms with Crippen LogP contribution in [0.3, 0.4) is 0 Å². The van der Waals surface area contributed by atoms with Crippen molar-refractivity contribution >= 4 is 40.6 Å². The number of carbonyl (C=O) groups excluding carboxylic acids is 1. The highest BCUT2D eigenvalue weighted by molar-refractivity contribution is 7.13. The van der Waals surface area contributed by atoms with Crippen LogP contribution in [0.2, 0.25) is 0 Å². The predicted molar refractivity (Wildman–Crippen MR) is 89.8 cm³/mol. The quantitative estimate of drug-likeness (QED) is 0.744. The lowest BCUT2D eigenvalue weighted by atomic mass is 10.2. The van der Waals surface area contributed by atoms with Gasteiger partial charge in [0.05, 0.1) is 9.20 Å². The number of pyridine rings is 1. The minimum absolute atomic E-state index is 0.154. The zero-order valence-corrected chi connectivity index (χ0v) is 13.3. The molecule has 0 saturated carbocycles. The van der Waals surface area contributed by atoms with Gasteiger partial charge in [-0.15, -0.1) is 22.7 Å². The molecule has 0 aromatic carbocycles. The molecule has 0 unspecified atom stereocenters. The summed E-state index contributed by atoms with van der Waals surface area (Å²) in [5, 5.41) is 0. The molecule has 0 saturated heterocycles. The van der Waals surface area contributed by atoms with Crippen molar-refractivity contribution in [2.45, 2.75) is 6.92 Å². The largest absolute Gasteiger partial charge is 0.313 e. The Morgan fingerprint density at radius 3 is 2.64 bits per heavy atom. The Morgan fingerprint density at radius 1 is 1.18 bits per heavy atom. The van der Waals surface area contributed by atoms with Crippen molar-refractivity contribution < 1.29 is 4.79 Å². The molecule has 3 aromatic rings. The summed E-state index contributed by atoms with van der Waals surface area (Å²) in [5.74, 6) is -0.154. The van der Waals surface area contributed by atoms with E-state index < -0.39 is 0 Å². The lowest BCUT2D eigenvalue weighted by molar-refractivity contribution is 0.106. The van der Waals surface area contributed by atoms with Crippen LogP contribution in [0.5, 0.6) is 0 Å². The van der Waals surface area contributed by atoms with E-state index in [4.69, 9.17) is 0 Å². The number of rotatable bonds is 3. The Hall–Kier alpha value is -2.31. The molecule has 0 aliphatic heterocycles. The second-order valence-corrected chi connectivity index (χ2v) is 7.03. The van der Waals surface area contributed by atoms with Crippen LogP contribution in [0.1, 0.15) is 20.1 Å². The van der Waals surface area contributed by atoms with Crippen molar-refractivity contribution in [2.75, 3.05) is 0 Å². The van der Waals surface area contributed by atoms with E-state index in [0.717, 1.165) is 4.88 Å². The number of Topliss-reactive ketones (excluding diaryl/α,β-unsaturated/α-hetero) is 1. The van der Waals surface area contributed by atoms with Gasteiger partial charge in [0.2, 0.25) is 0 Å². The molecule has 3 heterocycles. The fourth-order valence-corrected chi connectivity index (χ4v) is 3.67. The van der Waals surface area contributed by atoms with Crippen LogP contribution in [0.25, 0.3) is 12.2 Å². The lowest BCUT2D eigenvalue weighted by Gasteiger charge is -1.91. The summed E-state index contributed by atoms with van der Waals surface area (Å²) in [7, 11) is 0. The van der Waals surface area contributed by atoms with Crippen LogP contribution < -0.4 is 14.8 Å². The third-order valence-electron chi connectivity index (χ3n) is 2.94. The number of thiazole rings is 1. The first-order valence-electron chi connectivity index (χ1n) is 6.55. The van der Waals surface area contributed by atoms with Gasteiger partial charge in [-0.25, -0.2) is 0 Å². The number of thiophene rings is 1. The van der Waals surface area contributed by atoms with Gasteiger partial charge in [0.25, 0.3) is 5.56 Å². The van der Waals surface area contributed by atoms with Crippen molar-refractivity contribution in [3.8, 4) is 0 Å². The van der Waals surface area contributed by atoms with Crippen molar-refractivity contribution in [3.63, 3.8) is 0 Å². The third kappa shape index (κ3) is 3.29. The minimum Gasteiger partial charge on any atom is -0.313 e. The summed E-state index contributed by atoms with van der Waals surface area (Å²) >= 11 is 2.90. The SMILES string of the molecule is Cc1ccc(C=c2sc(=CC(=O)c3ccncc3)[nH]c2=O)s1. The van der Waals surface area contributed by atoms with Gasteiger partial charge in [-0.05, 0) is 37.3 Å². The highest BCUT2D eigenvalue weighted by Gasteiger charge is 2.02.